The van der Waals surface area contributed by atoms with Gasteiger partial charge in [-0.15, -0.1) is 0 Å². The molecule has 1 aromatic rings. The molecule has 0 spiro atoms. The Kier molecular flexibility index (Phi) is 2.95. The topological polar surface area (TPSA) is 61.2 Å². The summed E-state index contributed by atoms with van der Waals surface area (Å²) in [6, 6.07) is 0.906. The van der Waals surface area contributed by atoms with E-state index in [0.29, 0.717) is 4.57 Å². The Morgan fingerprint density at radius 1 is 1.64 bits per heavy atom. The molecular weight excluding hydrogens is 191 g/mol. The van der Waals surface area contributed by atoms with Crippen molar-refractivity contribution >= 4 is 6.09 Å². The number of ether oxygens (including phenoxy) is 1. The Morgan fingerprint density at radius 3 is 2.79 bits per heavy atom. The Morgan fingerprint density at radius 2 is 2.29 bits per heavy atom. The van der Waals surface area contributed by atoms with Crippen LogP contribution in [0.2, 0.25) is 0 Å². The van der Waals surface area contributed by atoms with Crippen molar-refractivity contribution in [2.24, 2.45) is 0 Å². The summed E-state index contributed by atoms with van der Waals surface area (Å²) in [5.41, 5.74) is -0.990. The highest BCUT2D eigenvalue weighted by Crippen LogP contribution is 1.93. The van der Waals surface area contributed by atoms with E-state index in [1.165, 1.54) is 0 Å². The molecule has 0 amide bonds. The third-order valence-electron chi connectivity index (χ3n) is 1.30. The van der Waals surface area contributed by atoms with Gasteiger partial charge in [0.05, 0.1) is 6.10 Å². The van der Waals surface area contributed by atoms with Crippen LogP contribution < -0.4 is 5.69 Å². The van der Waals surface area contributed by atoms with Crippen LogP contribution in [0, 0.1) is 5.95 Å². The van der Waals surface area contributed by atoms with Gasteiger partial charge in [0.1, 0.15) is 0 Å². The number of carbonyl (C=O) groups is 1. The van der Waals surface area contributed by atoms with E-state index < -0.39 is 17.7 Å². The third kappa shape index (κ3) is 2.38. The van der Waals surface area contributed by atoms with Crippen LogP contribution >= 0.6 is 0 Å². The van der Waals surface area contributed by atoms with Crippen molar-refractivity contribution in [3.8, 4) is 0 Å². The van der Waals surface area contributed by atoms with Gasteiger partial charge in [0.2, 0.25) is 5.95 Å². The summed E-state index contributed by atoms with van der Waals surface area (Å²) < 4.78 is 17.7. The number of carbonyl (C=O) groups excluding carboxylic acids is 1. The molecule has 1 heterocycles. The number of hydrogen-bond donors (Lipinski definition) is 0. The Balaban J connectivity index is 2.97. The lowest BCUT2D eigenvalue weighted by atomic mass is 10.5. The van der Waals surface area contributed by atoms with Crippen LogP contribution in [0.3, 0.4) is 0 Å². The van der Waals surface area contributed by atoms with Gasteiger partial charge in [-0.1, -0.05) is 0 Å². The van der Waals surface area contributed by atoms with Crippen LogP contribution in [0.15, 0.2) is 17.1 Å². The van der Waals surface area contributed by atoms with Crippen molar-refractivity contribution in [3.05, 3.63) is 28.7 Å². The normalized spacial score (nSPS) is 10.3. The summed E-state index contributed by atoms with van der Waals surface area (Å²) in [7, 11) is 0. The van der Waals surface area contributed by atoms with Crippen molar-refractivity contribution < 1.29 is 13.9 Å². The molecule has 1 rings (SSSR count). The SMILES string of the molecule is CC(C)OC(=O)n1ccc(F)nc1=O. The molecule has 76 valence electrons. The summed E-state index contributed by atoms with van der Waals surface area (Å²) in [5, 5.41) is 0. The van der Waals surface area contributed by atoms with E-state index in [4.69, 9.17) is 4.74 Å². The fraction of sp³-hybridized carbons (Fsp3) is 0.375. The predicted octanol–water partition coefficient (Wildman–Crippen LogP) is 0.775. The van der Waals surface area contributed by atoms with E-state index >= 15 is 0 Å². The molecule has 1 aromatic heterocycles. The quantitative estimate of drug-likeness (QED) is 0.628. The Bertz CT molecular complexity index is 400. The van der Waals surface area contributed by atoms with Crippen LogP contribution in [-0.4, -0.2) is 21.7 Å². The average molecular weight is 200 g/mol. The minimum atomic E-state index is -0.990. The zero-order valence-corrected chi connectivity index (χ0v) is 7.73. The molecule has 0 aliphatic rings. The molecule has 0 aliphatic heterocycles. The Labute approximate surface area is 79.1 Å². The van der Waals surface area contributed by atoms with Crippen LogP contribution in [0.4, 0.5) is 9.18 Å². The van der Waals surface area contributed by atoms with Crippen LogP contribution in [0.5, 0.6) is 0 Å². The van der Waals surface area contributed by atoms with Crippen molar-refractivity contribution in [1.29, 1.82) is 0 Å². The van der Waals surface area contributed by atoms with Gasteiger partial charge in [-0.2, -0.15) is 9.37 Å². The van der Waals surface area contributed by atoms with Gasteiger partial charge in [0, 0.05) is 12.3 Å². The standard InChI is InChI=1S/C8H9FN2O3/c1-5(2)14-8(13)11-4-3-6(9)10-7(11)12/h3-5H,1-2H3. The second-order valence-corrected chi connectivity index (χ2v) is 2.84. The molecule has 0 atom stereocenters. The van der Waals surface area contributed by atoms with Crippen molar-refractivity contribution in [2.45, 2.75) is 20.0 Å². The van der Waals surface area contributed by atoms with Gasteiger partial charge in [0.25, 0.3) is 0 Å². The molecule has 6 heteroatoms. The van der Waals surface area contributed by atoms with Gasteiger partial charge in [0.15, 0.2) is 0 Å². The van der Waals surface area contributed by atoms with Gasteiger partial charge in [-0.3, -0.25) is 0 Å². The summed E-state index contributed by atoms with van der Waals surface area (Å²) in [6.07, 6.45) is -0.230. The lowest BCUT2D eigenvalue weighted by Crippen LogP contribution is -2.31. The molecule has 0 aromatic carbocycles. The summed E-state index contributed by atoms with van der Waals surface area (Å²) in [6.45, 7) is 3.28. The highest BCUT2D eigenvalue weighted by Gasteiger charge is 2.10. The van der Waals surface area contributed by atoms with E-state index in [1.54, 1.807) is 13.8 Å². The fourth-order valence-corrected chi connectivity index (χ4v) is 0.780. The van der Waals surface area contributed by atoms with Crippen molar-refractivity contribution in [3.63, 3.8) is 0 Å². The second-order valence-electron chi connectivity index (χ2n) is 2.84. The lowest BCUT2D eigenvalue weighted by molar-refractivity contribution is 0.115. The molecule has 0 unspecified atom stereocenters. The highest BCUT2D eigenvalue weighted by molar-refractivity contribution is 5.69. The van der Waals surface area contributed by atoms with E-state index in [0.717, 1.165) is 12.3 Å². The maximum atomic E-state index is 12.4. The summed E-state index contributed by atoms with van der Waals surface area (Å²) >= 11 is 0. The minimum absolute atomic E-state index is 0.348. The monoisotopic (exact) mass is 200 g/mol. The number of aromatic nitrogens is 2. The van der Waals surface area contributed by atoms with E-state index in [2.05, 4.69) is 4.98 Å². The molecule has 0 bridgehead atoms. The van der Waals surface area contributed by atoms with E-state index in [1.807, 2.05) is 0 Å². The first kappa shape index (κ1) is 10.4. The minimum Gasteiger partial charge on any atom is -0.446 e. The van der Waals surface area contributed by atoms with Gasteiger partial charge >= 0.3 is 11.8 Å². The molecule has 14 heavy (non-hydrogen) atoms. The van der Waals surface area contributed by atoms with Crippen LogP contribution in [0.1, 0.15) is 13.8 Å². The van der Waals surface area contributed by atoms with E-state index in [9.17, 15) is 14.0 Å². The first-order chi connectivity index (χ1) is 6.50. The predicted molar refractivity (Wildman–Crippen MR) is 45.5 cm³/mol. The first-order valence-corrected chi connectivity index (χ1v) is 3.97. The largest absolute Gasteiger partial charge is 0.446 e. The summed E-state index contributed by atoms with van der Waals surface area (Å²) in [4.78, 5) is 25.1. The zero-order chi connectivity index (χ0) is 10.7. The van der Waals surface area contributed by atoms with Crippen molar-refractivity contribution in [1.82, 2.24) is 9.55 Å². The smallest absolute Gasteiger partial charge is 0.422 e. The highest BCUT2D eigenvalue weighted by atomic mass is 19.1. The Hall–Kier alpha value is -1.72. The lowest BCUT2D eigenvalue weighted by Gasteiger charge is -2.07. The average Bonchev–Trinajstić information content (AvgIpc) is 2.01. The van der Waals surface area contributed by atoms with Crippen LogP contribution in [-0.2, 0) is 4.74 Å². The number of nitrogens with zero attached hydrogens (tertiary/aromatic N) is 2. The molecule has 0 saturated heterocycles. The molecule has 0 aliphatic carbocycles. The molecule has 5 nitrogen and oxygen atoms in total. The number of halogens is 1. The fourth-order valence-electron chi connectivity index (χ4n) is 0.780. The van der Waals surface area contributed by atoms with Crippen molar-refractivity contribution in [2.75, 3.05) is 0 Å². The molecule has 0 fully saturated rings. The molecule has 0 N–H and O–H groups in total. The maximum absolute atomic E-state index is 12.4. The van der Waals surface area contributed by atoms with Gasteiger partial charge in [-0.25, -0.2) is 14.2 Å². The maximum Gasteiger partial charge on any atom is 0.422 e. The molecule has 0 saturated carbocycles. The van der Waals surface area contributed by atoms with Crippen LogP contribution in [0.25, 0.3) is 0 Å². The third-order valence-corrected chi connectivity index (χ3v) is 1.30. The van der Waals surface area contributed by atoms with Gasteiger partial charge < -0.3 is 4.74 Å². The van der Waals surface area contributed by atoms with E-state index in [-0.39, 0.29) is 6.10 Å². The van der Waals surface area contributed by atoms with Gasteiger partial charge in [-0.05, 0) is 13.8 Å². The zero-order valence-electron chi connectivity index (χ0n) is 7.73. The number of hydrogen-bond acceptors (Lipinski definition) is 4. The molecular formula is C8H9FN2O3. The number of rotatable bonds is 1. The summed E-state index contributed by atoms with van der Waals surface area (Å²) in [5.74, 6) is -0.927. The first-order valence-electron chi connectivity index (χ1n) is 3.97. The second kappa shape index (κ2) is 3.99. The molecule has 0 radical (unpaired) electrons.